The number of fused-ring (bicyclic) bond motifs is 2. The van der Waals surface area contributed by atoms with E-state index in [0.29, 0.717) is 34.3 Å². The molecule has 3 aromatic carbocycles. The number of nitrogens with one attached hydrogen (secondary N) is 2. The maximum atomic E-state index is 14.3. The van der Waals surface area contributed by atoms with E-state index in [9.17, 15) is 13.2 Å². The van der Waals surface area contributed by atoms with Crippen LogP contribution in [0, 0.1) is 0 Å². The molecule has 7 rings (SSSR count). The second-order valence-electron chi connectivity index (χ2n) is 11.4. The third kappa shape index (κ3) is 5.67. The van der Waals surface area contributed by atoms with Crippen LogP contribution in [0.3, 0.4) is 0 Å². The first-order valence-electron chi connectivity index (χ1n) is 14.7. The van der Waals surface area contributed by atoms with E-state index in [1.54, 1.807) is 36.5 Å². The Morgan fingerprint density at radius 2 is 1.80 bits per heavy atom. The van der Waals surface area contributed by atoms with Crippen LogP contribution < -0.4 is 15.6 Å². The Balaban J connectivity index is 1.30. The number of aromatic nitrogens is 3. The highest BCUT2D eigenvalue weighted by molar-refractivity contribution is 7.89. The van der Waals surface area contributed by atoms with E-state index >= 15 is 0 Å². The van der Waals surface area contributed by atoms with Crippen LogP contribution in [0.5, 0.6) is 0 Å². The molecule has 1 saturated heterocycles. The van der Waals surface area contributed by atoms with Crippen LogP contribution in [-0.4, -0.2) is 54.6 Å². The van der Waals surface area contributed by atoms with Crippen molar-refractivity contribution in [2.75, 3.05) is 32.1 Å². The number of rotatable bonds is 6. The quantitative estimate of drug-likeness (QED) is 0.282. The molecule has 2 unspecified atom stereocenters. The van der Waals surface area contributed by atoms with Gasteiger partial charge >= 0.3 is 0 Å². The Bertz CT molecular complexity index is 2080. The van der Waals surface area contributed by atoms with E-state index in [-0.39, 0.29) is 23.4 Å². The molecule has 0 radical (unpaired) electrons. The van der Waals surface area contributed by atoms with Crippen LogP contribution in [0.2, 0.25) is 0 Å². The van der Waals surface area contributed by atoms with Gasteiger partial charge in [-0.25, -0.2) is 13.4 Å². The van der Waals surface area contributed by atoms with E-state index in [2.05, 4.69) is 33.5 Å². The molecule has 2 aromatic heterocycles. The molecule has 2 N–H and O–H groups in total. The van der Waals surface area contributed by atoms with Gasteiger partial charge in [0.1, 0.15) is 11.8 Å². The summed E-state index contributed by atoms with van der Waals surface area (Å²) in [4.78, 5) is 26.0. The zero-order valence-corrected chi connectivity index (χ0v) is 25.5. The molecule has 2 aliphatic rings. The Kier molecular flexibility index (Phi) is 7.54. The van der Waals surface area contributed by atoms with Crippen molar-refractivity contribution in [1.82, 2.24) is 24.2 Å². The fourth-order valence-electron chi connectivity index (χ4n) is 5.94. The van der Waals surface area contributed by atoms with Crippen molar-refractivity contribution in [2.45, 2.75) is 23.6 Å². The van der Waals surface area contributed by atoms with Crippen LogP contribution >= 0.6 is 0 Å². The number of likely N-dealkylation sites (N-methyl/N-ethyl adjacent to an activating group) is 1. The van der Waals surface area contributed by atoms with Crippen LogP contribution in [0.4, 0.5) is 11.6 Å². The molecule has 0 bridgehead atoms. The number of hydrogen-bond acceptors (Lipinski definition) is 8. The average molecular weight is 621 g/mol. The number of anilines is 2. The standard InChI is InChI=1S/C34H32N6O4S/c1-22(23-8-4-3-5-9-23)28-18-26-20-35-34(36-27-14-12-24(13-15-27)29-21-39(2)16-17-44-29)37-32(26)40(33(28)41)31-19-25-10-6-7-11-30(25)45(42,43)38-31/h3-15,18,20,29,31,38H,1,16-17,19,21H2,2H3,(H,35,36,37). The monoisotopic (exact) mass is 620 g/mol. The van der Waals surface area contributed by atoms with Gasteiger partial charge in [0, 0.05) is 42.3 Å². The topological polar surface area (TPSA) is 118 Å². The van der Waals surface area contributed by atoms with E-state index < -0.39 is 21.7 Å². The zero-order chi connectivity index (χ0) is 31.1. The van der Waals surface area contributed by atoms with E-state index in [4.69, 9.17) is 9.72 Å². The number of ether oxygens (including phenoxy) is 1. The molecular weight excluding hydrogens is 588 g/mol. The predicted octanol–water partition coefficient (Wildman–Crippen LogP) is 4.63. The Hall–Kier alpha value is -4.68. The molecule has 228 valence electrons. The maximum absolute atomic E-state index is 14.3. The third-order valence-electron chi connectivity index (χ3n) is 8.31. The van der Waals surface area contributed by atoms with Gasteiger partial charge in [-0.15, -0.1) is 0 Å². The molecule has 5 aromatic rings. The minimum Gasteiger partial charge on any atom is -0.371 e. The molecule has 4 heterocycles. The van der Waals surface area contributed by atoms with Crippen molar-refractivity contribution in [3.63, 3.8) is 0 Å². The fourth-order valence-corrected chi connectivity index (χ4v) is 7.37. The molecule has 0 saturated carbocycles. The van der Waals surface area contributed by atoms with Crippen LogP contribution in [-0.2, 0) is 21.2 Å². The SMILES string of the molecule is C=C(c1ccccc1)c1cc2cnc(Nc3ccc(C4CN(C)CCO4)cc3)nc2n(C2Cc3ccccc3S(=O)(=O)N2)c1=O. The average Bonchev–Trinajstić information content (AvgIpc) is 3.04. The predicted molar refractivity (Wildman–Crippen MR) is 174 cm³/mol. The summed E-state index contributed by atoms with van der Waals surface area (Å²) in [6, 6.07) is 25.8. The number of pyridine rings is 1. The summed E-state index contributed by atoms with van der Waals surface area (Å²) in [5.74, 6) is 0.269. The molecule has 2 aliphatic heterocycles. The van der Waals surface area contributed by atoms with Crippen molar-refractivity contribution in [2.24, 2.45) is 0 Å². The number of nitrogens with zero attached hydrogens (tertiary/aromatic N) is 4. The summed E-state index contributed by atoms with van der Waals surface area (Å²) in [6.07, 6.45) is 0.985. The maximum Gasteiger partial charge on any atom is 0.261 e. The number of morpholine rings is 1. The second-order valence-corrected chi connectivity index (χ2v) is 13.1. The van der Waals surface area contributed by atoms with Crippen molar-refractivity contribution >= 4 is 38.3 Å². The minimum absolute atomic E-state index is 0.00777. The molecule has 11 heteroatoms. The molecule has 10 nitrogen and oxygen atoms in total. The van der Waals surface area contributed by atoms with Gasteiger partial charge in [0.2, 0.25) is 16.0 Å². The van der Waals surface area contributed by atoms with Gasteiger partial charge in [0.25, 0.3) is 5.56 Å². The van der Waals surface area contributed by atoms with Gasteiger partial charge in [-0.2, -0.15) is 9.71 Å². The summed E-state index contributed by atoms with van der Waals surface area (Å²) >= 11 is 0. The number of sulfonamides is 1. The summed E-state index contributed by atoms with van der Waals surface area (Å²) in [5.41, 5.74) is 3.98. The van der Waals surface area contributed by atoms with E-state index in [0.717, 1.165) is 29.9 Å². The lowest BCUT2D eigenvalue weighted by molar-refractivity contribution is -0.0208. The largest absolute Gasteiger partial charge is 0.371 e. The molecule has 0 amide bonds. The van der Waals surface area contributed by atoms with Crippen molar-refractivity contribution in [3.8, 4) is 0 Å². The second kappa shape index (κ2) is 11.7. The van der Waals surface area contributed by atoms with Gasteiger partial charge in [0.15, 0.2) is 0 Å². The molecule has 45 heavy (non-hydrogen) atoms. The number of hydrogen-bond donors (Lipinski definition) is 2. The molecule has 2 atom stereocenters. The van der Waals surface area contributed by atoms with Crippen molar-refractivity contribution < 1.29 is 13.2 Å². The Morgan fingerprint density at radius 3 is 2.58 bits per heavy atom. The van der Waals surface area contributed by atoms with Crippen molar-refractivity contribution in [3.05, 3.63) is 130 Å². The van der Waals surface area contributed by atoms with Gasteiger partial charge in [0.05, 0.1) is 17.6 Å². The lowest BCUT2D eigenvalue weighted by Crippen LogP contribution is -2.43. The highest BCUT2D eigenvalue weighted by Crippen LogP contribution is 2.30. The normalized spacial score (nSPS) is 19.6. The first-order chi connectivity index (χ1) is 21.8. The zero-order valence-electron chi connectivity index (χ0n) is 24.7. The first-order valence-corrected chi connectivity index (χ1v) is 16.2. The Morgan fingerprint density at radius 1 is 1.04 bits per heavy atom. The molecule has 0 aliphatic carbocycles. The van der Waals surface area contributed by atoms with E-state index in [1.165, 1.54) is 4.57 Å². The van der Waals surface area contributed by atoms with Crippen LogP contribution in [0.25, 0.3) is 16.6 Å². The summed E-state index contributed by atoms with van der Waals surface area (Å²) in [7, 11) is -1.81. The summed E-state index contributed by atoms with van der Waals surface area (Å²) in [5, 5.41) is 3.80. The smallest absolute Gasteiger partial charge is 0.261 e. The molecule has 1 fully saturated rings. The van der Waals surface area contributed by atoms with Gasteiger partial charge in [-0.05, 0) is 53.6 Å². The summed E-state index contributed by atoms with van der Waals surface area (Å²) in [6.45, 7) is 6.65. The third-order valence-corrected chi connectivity index (χ3v) is 9.87. The van der Waals surface area contributed by atoms with Gasteiger partial charge in [-0.3, -0.25) is 9.36 Å². The summed E-state index contributed by atoms with van der Waals surface area (Å²) < 4.78 is 36.7. The van der Waals surface area contributed by atoms with Gasteiger partial charge in [-0.1, -0.05) is 67.2 Å². The lowest BCUT2D eigenvalue weighted by atomic mass is 9.99. The lowest BCUT2D eigenvalue weighted by Gasteiger charge is -2.30. The number of benzene rings is 3. The molecular formula is C34H32N6O4S. The first kappa shape index (κ1) is 29.1. The highest BCUT2D eigenvalue weighted by atomic mass is 32.2. The fraction of sp³-hybridized carbons (Fsp3) is 0.206. The highest BCUT2D eigenvalue weighted by Gasteiger charge is 2.32. The minimum atomic E-state index is -3.89. The molecule has 0 spiro atoms. The van der Waals surface area contributed by atoms with E-state index in [1.807, 2.05) is 54.6 Å². The van der Waals surface area contributed by atoms with Crippen LogP contribution in [0.15, 0.2) is 107 Å². The van der Waals surface area contributed by atoms with Gasteiger partial charge < -0.3 is 15.0 Å². The van der Waals surface area contributed by atoms with Crippen LogP contribution in [0.1, 0.15) is 34.5 Å². The Labute approximate surface area is 261 Å². The van der Waals surface area contributed by atoms with Crippen molar-refractivity contribution in [1.29, 1.82) is 0 Å².